The molecule has 0 saturated carbocycles. The lowest BCUT2D eigenvalue weighted by Gasteiger charge is -2.15. The first-order chi connectivity index (χ1) is 9.01. The van der Waals surface area contributed by atoms with Crippen molar-refractivity contribution in [2.24, 2.45) is 4.99 Å². The summed E-state index contributed by atoms with van der Waals surface area (Å²) in [5, 5.41) is 6.54. The van der Waals surface area contributed by atoms with Gasteiger partial charge in [0.1, 0.15) is 5.75 Å². The molecule has 0 saturated heterocycles. The molecule has 1 aromatic carbocycles. The summed E-state index contributed by atoms with van der Waals surface area (Å²) in [4.78, 5) is 4.18. The summed E-state index contributed by atoms with van der Waals surface area (Å²) in [6.45, 7) is 8.95. The van der Waals surface area contributed by atoms with Crippen molar-refractivity contribution in [3.05, 3.63) is 29.8 Å². The Morgan fingerprint density at radius 2 is 1.95 bits per heavy atom. The highest BCUT2D eigenvalue weighted by Gasteiger charge is 2.02. The summed E-state index contributed by atoms with van der Waals surface area (Å²) in [7, 11) is 1.77. The van der Waals surface area contributed by atoms with E-state index in [1.54, 1.807) is 7.05 Å². The van der Waals surface area contributed by atoms with Gasteiger partial charge in [0.15, 0.2) is 5.96 Å². The zero-order valence-electron chi connectivity index (χ0n) is 12.9. The molecule has 0 unspecified atom stereocenters. The minimum absolute atomic E-state index is 0. The molecule has 0 radical (unpaired) electrons. The number of aliphatic imine (C=N–C) groups is 1. The monoisotopic (exact) mass is 391 g/mol. The Morgan fingerprint density at radius 3 is 2.50 bits per heavy atom. The average Bonchev–Trinajstić information content (AvgIpc) is 2.33. The first kappa shape index (κ1) is 19.0. The van der Waals surface area contributed by atoms with Crippen LogP contribution >= 0.6 is 24.0 Å². The molecule has 0 aromatic heterocycles. The number of hydrogen-bond donors (Lipinski definition) is 2. The van der Waals surface area contributed by atoms with E-state index in [0.717, 1.165) is 18.3 Å². The van der Waals surface area contributed by atoms with Gasteiger partial charge < -0.3 is 15.4 Å². The van der Waals surface area contributed by atoms with Crippen LogP contribution in [-0.4, -0.2) is 25.2 Å². The van der Waals surface area contributed by atoms with Crippen molar-refractivity contribution in [2.75, 3.05) is 7.05 Å². The largest absolute Gasteiger partial charge is 0.491 e. The summed E-state index contributed by atoms with van der Waals surface area (Å²) in [6, 6.07) is 8.47. The fraction of sp³-hybridized carbons (Fsp3) is 0.533. The van der Waals surface area contributed by atoms with Crippen LogP contribution in [0.1, 0.15) is 33.3 Å². The molecule has 0 aliphatic carbocycles. The second-order valence-corrected chi connectivity index (χ2v) is 5.04. The highest BCUT2D eigenvalue weighted by Crippen LogP contribution is 2.14. The van der Waals surface area contributed by atoms with E-state index in [-0.39, 0.29) is 30.1 Å². The Bertz CT molecular complexity index is 419. The third-order valence-electron chi connectivity index (χ3n) is 2.38. The molecule has 1 aromatic rings. The van der Waals surface area contributed by atoms with E-state index in [1.165, 1.54) is 5.56 Å². The van der Waals surface area contributed by atoms with Gasteiger partial charge in [0.25, 0.3) is 0 Å². The van der Waals surface area contributed by atoms with E-state index in [9.17, 15) is 0 Å². The number of ether oxygens (including phenoxy) is 1. The molecule has 0 fully saturated rings. The Hall–Kier alpha value is -0.980. The normalized spacial score (nSPS) is 11.2. The molecule has 0 heterocycles. The second kappa shape index (κ2) is 9.85. The van der Waals surface area contributed by atoms with Crippen LogP contribution < -0.4 is 15.4 Å². The zero-order chi connectivity index (χ0) is 14.3. The Balaban J connectivity index is 0.00000361. The molecule has 2 N–H and O–H groups in total. The van der Waals surface area contributed by atoms with Crippen LogP contribution in [-0.2, 0) is 6.54 Å². The molecule has 0 spiro atoms. The standard InChI is InChI=1S/C15H25N3O.HI/c1-11(2)18-15(16-5)17-10-13-7-6-8-14(9-13)19-12(3)4;/h6-9,11-12H,10H2,1-5H3,(H2,16,17,18);1H. The molecule has 4 nitrogen and oxygen atoms in total. The van der Waals surface area contributed by atoms with Crippen LogP contribution in [0.2, 0.25) is 0 Å². The molecular weight excluding hydrogens is 365 g/mol. The first-order valence-corrected chi connectivity index (χ1v) is 6.74. The molecule has 0 atom stereocenters. The number of benzene rings is 1. The molecule has 1 rings (SSSR count). The Labute approximate surface area is 139 Å². The van der Waals surface area contributed by atoms with Gasteiger partial charge >= 0.3 is 0 Å². The van der Waals surface area contributed by atoms with Crippen molar-refractivity contribution in [3.8, 4) is 5.75 Å². The van der Waals surface area contributed by atoms with Crippen LogP contribution in [0.15, 0.2) is 29.3 Å². The zero-order valence-corrected chi connectivity index (χ0v) is 15.3. The van der Waals surface area contributed by atoms with E-state index < -0.39 is 0 Å². The number of rotatable bonds is 5. The fourth-order valence-electron chi connectivity index (χ4n) is 1.65. The number of halogens is 1. The smallest absolute Gasteiger partial charge is 0.191 e. The number of hydrogen-bond acceptors (Lipinski definition) is 2. The quantitative estimate of drug-likeness (QED) is 0.461. The van der Waals surface area contributed by atoms with Gasteiger partial charge in [-0.25, -0.2) is 0 Å². The van der Waals surface area contributed by atoms with Crippen LogP contribution in [0.5, 0.6) is 5.75 Å². The van der Waals surface area contributed by atoms with Crippen LogP contribution in [0, 0.1) is 0 Å². The number of nitrogens with zero attached hydrogens (tertiary/aromatic N) is 1. The second-order valence-electron chi connectivity index (χ2n) is 5.04. The molecule has 5 heteroatoms. The first-order valence-electron chi connectivity index (χ1n) is 6.74. The van der Waals surface area contributed by atoms with E-state index in [0.29, 0.717) is 6.04 Å². The van der Waals surface area contributed by atoms with Crippen molar-refractivity contribution in [3.63, 3.8) is 0 Å². The summed E-state index contributed by atoms with van der Waals surface area (Å²) in [5.74, 6) is 1.71. The van der Waals surface area contributed by atoms with Gasteiger partial charge in [0.05, 0.1) is 6.10 Å². The van der Waals surface area contributed by atoms with Gasteiger partial charge in [-0.1, -0.05) is 12.1 Å². The maximum Gasteiger partial charge on any atom is 0.191 e. The van der Waals surface area contributed by atoms with E-state index in [1.807, 2.05) is 26.0 Å². The van der Waals surface area contributed by atoms with Crippen molar-refractivity contribution in [1.82, 2.24) is 10.6 Å². The van der Waals surface area contributed by atoms with Crippen LogP contribution in [0.4, 0.5) is 0 Å². The highest BCUT2D eigenvalue weighted by atomic mass is 127. The Kier molecular flexibility index (Phi) is 9.37. The lowest BCUT2D eigenvalue weighted by molar-refractivity contribution is 0.242. The van der Waals surface area contributed by atoms with Crippen molar-refractivity contribution >= 4 is 29.9 Å². The van der Waals surface area contributed by atoms with E-state index >= 15 is 0 Å². The average molecular weight is 391 g/mol. The molecule has 114 valence electrons. The van der Waals surface area contributed by atoms with Gasteiger partial charge in [-0.2, -0.15) is 0 Å². The summed E-state index contributed by atoms with van der Waals surface area (Å²) in [5.41, 5.74) is 1.17. The van der Waals surface area contributed by atoms with Crippen molar-refractivity contribution in [1.29, 1.82) is 0 Å². The predicted molar refractivity (Wildman–Crippen MR) is 96.1 cm³/mol. The molecule has 0 aliphatic rings. The summed E-state index contributed by atoms with van der Waals surface area (Å²) >= 11 is 0. The third kappa shape index (κ3) is 7.57. The number of nitrogens with one attached hydrogen (secondary N) is 2. The molecule has 0 aliphatic heterocycles. The van der Waals surface area contributed by atoms with Crippen molar-refractivity contribution in [2.45, 2.75) is 46.4 Å². The van der Waals surface area contributed by atoms with Crippen LogP contribution in [0.25, 0.3) is 0 Å². The minimum atomic E-state index is 0. The van der Waals surface area contributed by atoms with Gasteiger partial charge in [-0.15, -0.1) is 24.0 Å². The maximum atomic E-state index is 5.68. The molecular formula is C15H26IN3O. The van der Waals surface area contributed by atoms with Gasteiger partial charge in [-0.05, 0) is 45.4 Å². The van der Waals surface area contributed by atoms with Gasteiger partial charge in [-0.3, -0.25) is 4.99 Å². The lowest BCUT2D eigenvalue weighted by Crippen LogP contribution is -2.40. The van der Waals surface area contributed by atoms with E-state index in [2.05, 4.69) is 41.6 Å². The SMILES string of the molecule is CN=C(NCc1cccc(OC(C)C)c1)NC(C)C.I. The molecule has 0 bridgehead atoms. The summed E-state index contributed by atoms with van der Waals surface area (Å²) < 4.78 is 5.68. The van der Waals surface area contributed by atoms with Crippen LogP contribution in [0.3, 0.4) is 0 Å². The summed E-state index contributed by atoms with van der Waals surface area (Å²) in [6.07, 6.45) is 0.193. The maximum absolute atomic E-state index is 5.68. The van der Waals surface area contributed by atoms with Gasteiger partial charge in [0.2, 0.25) is 0 Å². The molecule has 20 heavy (non-hydrogen) atoms. The fourth-order valence-corrected chi connectivity index (χ4v) is 1.65. The van der Waals surface area contributed by atoms with Gasteiger partial charge in [0, 0.05) is 19.6 Å². The van der Waals surface area contributed by atoms with Crippen molar-refractivity contribution < 1.29 is 4.74 Å². The molecule has 0 amide bonds. The van der Waals surface area contributed by atoms with E-state index in [4.69, 9.17) is 4.74 Å². The number of guanidine groups is 1. The Morgan fingerprint density at radius 1 is 1.25 bits per heavy atom. The predicted octanol–water partition coefficient (Wildman–Crippen LogP) is 3.17. The topological polar surface area (TPSA) is 45.7 Å². The minimum Gasteiger partial charge on any atom is -0.491 e. The lowest BCUT2D eigenvalue weighted by atomic mass is 10.2. The third-order valence-corrected chi connectivity index (χ3v) is 2.38. The highest BCUT2D eigenvalue weighted by molar-refractivity contribution is 14.0.